The molecular weight excluding hydrogens is 188 g/mol. The van der Waals surface area contributed by atoms with Crippen molar-refractivity contribution < 1.29 is 10.2 Å². The zero-order chi connectivity index (χ0) is 9.42. The summed E-state index contributed by atoms with van der Waals surface area (Å²) in [6.45, 7) is 0. The van der Waals surface area contributed by atoms with Crippen LogP contribution < -0.4 is 0 Å². The van der Waals surface area contributed by atoms with Crippen LogP contribution in [0.2, 0.25) is 5.02 Å². The molecule has 2 atom stereocenters. The van der Waals surface area contributed by atoms with Crippen LogP contribution in [-0.4, -0.2) is 16.3 Å². The van der Waals surface area contributed by atoms with Crippen molar-refractivity contribution in [1.29, 1.82) is 0 Å². The highest BCUT2D eigenvalue weighted by Gasteiger charge is 2.21. The average molecular weight is 197 g/mol. The first-order valence-corrected chi connectivity index (χ1v) is 4.40. The van der Waals surface area contributed by atoms with E-state index in [9.17, 15) is 10.2 Å². The van der Waals surface area contributed by atoms with Gasteiger partial charge in [0.05, 0.1) is 0 Å². The molecule has 0 aromatic heterocycles. The third-order valence-electron chi connectivity index (χ3n) is 2.16. The van der Waals surface area contributed by atoms with Gasteiger partial charge in [0.15, 0.2) is 0 Å². The lowest BCUT2D eigenvalue weighted by Gasteiger charge is -2.21. The highest BCUT2D eigenvalue weighted by molar-refractivity contribution is 6.30. The molecule has 2 rings (SSSR count). The molecule has 1 aliphatic carbocycles. The quantitative estimate of drug-likeness (QED) is 0.664. The van der Waals surface area contributed by atoms with E-state index in [2.05, 4.69) is 0 Å². The monoisotopic (exact) mass is 196 g/mol. The molecule has 0 unspecified atom stereocenters. The fourth-order valence-corrected chi connectivity index (χ4v) is 1.63. The molecule has 2 N–H and O–H groups in total. The van der Waals surface area contributed by atoms with E-state index in [1.165, 1.54) is 0 Å². The van der Waals surface area contributed by atoms with E-state index >= 15 is 0 Å². The number of hydrogen-bond acceptors (Lipinski definition) is 2. The Morgan fingerprint density at radius 2 is 2.00 bits per heavy atom. The van der Waals surface area contributed by atoms with Crippen molar-refractivity contribution in [3.63, 3.8) is 0 Å². The van der Waals surface area contributed by atoms with E-state index in [-0.39, 0.29) is 0 Å². The highest BCUT2D eigenvalue weighted by atomic mass is 35.5. The summed E-state index contributed by atoms with van der Waals surface area (Å²) in [7, 11) is 0. The van der Waals surface area contributed by atoms with Crippen molar-refractivity contribution in [3.8, 4) is 0 Å². The minimum Gasteiger partial charge on any atom is -0.386 e. The molecule has 0 saturated carbocycles. The largest absolute Gasteiger partial charge is 0.386 e. The molecule has 0 bridgehead atoms. The standard InChI is InChI=1S/C10H9ClO2/c11-7-2-3-8-6(5-7)1-4-9(12)10(8)13/h1-5,9-10,12-13H/t9-,10+/m0/s1. The number of aliphatic hydroxyl groups excluding tert-OH is 2. The topological polar surface area (TPSA) is 40.5 Å². The maximum atomic E-state index is 9.58. The van der Waals surface area contributed by atoms with Gasteiger partial charge in [-0.1, -0.05) is 29.8 Å². The van der Waals surface area contributed by atoms with Gasteiger partial charge >= 0.3 is 0 Å². The van der Waals surface area contributed by atoms with E-state index in [1.807, 2.05) is 0 Å². The third-order valence-corrected chi connectivity index (χ3v) is 2.40. The van der Waals surface area contributed by atoms with Crippen molar-refractivity contribution in [3.05, 3.63) is 40.4 Å². The summed E-state index contributed by atoms with van der Waals surface area (Å²) in [4.78, 5) is 0. The van der Waals surface area contributed by atoms with Gasteiger partial charge in [0.1, 0.15) is 12.2 Å². The predicted octanol–water partition coefficient (Wildman–Crippen LogP) is 1.76. The first kappa shape index (κ1) is 8.75. The molecule has 68 valence electrons. The van der Waals surface area contributed by atoms with E-state index in [4.69, 9.17) is 11.6 Å². The Morgan fingerprint density at radius 3 is 2.77 bits per heavy atom. The van der Waals surface area contributed by atoms with Crippen molar-refractivity contribution >= 4 is 17.7 Å². The van der Waals surface area contributed by atoms with Crippen LogP contribution in [0.25, 0.3) is 6.08 Å². The van der Waals surface area contributed by atoms with Gasteiger partial charge in [-0.05, 0) is 23.3 Å². The van der Waals surface area contributed by atoms with Crippen molar-refractivity contribution in [1.82, 2.24) is 0 Å². The summed E-state index contributed by atoms with van der Waals surface area (Å²) >= 11 is 5.78. The molecule has 1 aromatic carbocycles. The Kier molecular flexibility index (Phi) is 2.12. The van der Waals surface area contributed by atoms with Crippen LogP contribution >= 0.6 is 11.6 Å². The van der Waals surface area contributed by atoms with Crippen LogP contribution in [0.3, 0.4) is 0 Å². The van der Waals surface area contributed by atoms with Gasteiger partial charge in [-0.25, -0.2) is 0 Å². The zero-order valence-corrected chi connectivity index (χ0v) is 7.57. The lowest BCUT2D eigenvalue weighted by Crippen LogP contribution is -2.19. The number of hydrogen-bond donors (Lipinski definition) is 2. The number of fused-ring (bicyclic) bond motifs is 1. The average Bonchev–Trinajstić information content (AvgIpc) is 2.12. The molecule has 0 aliphatic heterocycles. The molecule has 0 radical (unpaired) electrons. The smallest absolute Gasteiger partial charge is 0.109 e. The van der Waals surface area contributed by atoms with Gasteiger partial charge < -0.3 is 10.2 Å². The van der Waals surface area contributed by atoms with Crippen LogP contribution in [0.5, 0.6) is 0 Å². The highest BCUT2D eigenvalue weighted by Crippen LogP contribution is 2.29. The SMILES string of the molecule is O[C@@H]1c2ccc(Cl)cc2C=C[C@@H]1O. The van der Waals surface area contributed by atoms with Crippen molar-refractivity contribution in [2.45, 2.75) is 12.2 Å². The van der Waals surface area contributed by atoms with Crippen LogP contribution in [0.4, 0.5) is 0 Å². The minimum atomic E-state index is -0.836. The number of halogens is 1. The number of rotatable bonds is 0. The molecular formula is C10H9ClO2. The molecule has 2 nitrogen and oxygen atoms in total. The first-order valence-electron chi connectivity index (χ1n) is 4.02. The van der Waals surface area contributed by atoms with Crippen LogP contribution in [0.1, 0.15) is 17.2 Å². The summed E-state index contributed by atoms with van der Waals surface area (Å²) in [5.41, 5.74) is 1.59. The van der Waals surface area contributed by atoms with Crippen LogP contribution in [0.15, 0.2) is 24.3 Å². The van der Waals surface area contributed by atoms with E-state index in [0.717, 1.165) is 11.1 Å². The summed E-state index contributed by atoms with van der Waals surface area (Å²) in [5.74, 6) is 0. The molecule has 0 amide bonds. The van der Waals surface area contributed by atoms with Crippen LogP contribution in [0, 0.1) is 0 Å². The second-order valence-corrected chi connectivity index (χ2v) is 3.50. The summed E-state index contributed by atoms with van der Waals surface area (Å²) in [6, 6.07) is 5.20. The summed E-state index contributed by atoms with van der Waals surface area (Å²) in [5, 5.41) is 19.5. The van der Waals surface area contributed by atoms with Gasteiger partial charge in [0, 0.05) is 5.02 Å². The molecule has 1 aromatic rings. The molecule has 0 spiro atoms. The molecule has 0 saturated heterocycles. The molecule has 0 fully saturated rings. The Bertz CT molecular complexity index is 360. The fraction of sp³-hybridized carbons (Fsp3) is 0.200. The van der Waals surface area contributed by atoms with Gasteiger partial charge in [-0.2, -0.15) is 0 Å². The summed E-state index contributed by atoms with van der Waals surface area (Å²) < 4.78 is 0. The minimum absolute atomic E-state index is 0.631. The molecule has 1 aliphatic rings. The Balaban J connectivity index is 2.52. The Morgan fingerprint density at radius 1 is 1.23 bits per heavy atom. The lowest BCUT2D eigenvalue weighted by molar-refractivity contribution is 0.0470. The first-order chi connectivity index (χ1) is 6.18. The second-order valence-electron chi connectivity index (χ2n) is 3.07. The normalized spacial score (nSPS) is 25.8. The van der Waals surface area contributed by atoms with E-state index in [1.54, 1.807) is 30.4 Å². The van der Waals surface area contributed by atoms with E-state index in [0.29, 0.717) is 5.02 Å². The second kappa shape index (κ2) is 3.14. The molecule has 13 heavy (non-hydrogen) atoms. The molecule has 3 heteroatoms. The Labute approximate surface area is 81.1 Å². The maximum Gasteiger partial charge on any atom is 0.109 e. The lowest BCUT2D eigenvalue weighted by atomic mass is 9.93. The van der Waals surface area contributed by atoms with Crippen molar-refractivity contribution in [2.24, 2.45) is 0 Å². The van der Waals surface area contributed by atoms with Gasteiger partial charge in [-0.15, -0.1) is 0 Å². The molecule has 0 heterocycles. The summed E-state index contributed by atoms with van der Waals surface area (Å²) in [6.07, 6.45) is 1.67. The van der Waals surface area contributed by atoms with Gasteiger partial charge in [0.2, 0.25) is 0 Å². The van der Waals surface area contributed by atoms with Crippen LogP contribution in [-0.2, 0) is 0 Å². The number of benzene rings is 1. The van der Waals surface area contributed by atoms with Gasteiger partial charge in [-0.3, -0.25) is 0 Å². The zero-order valence-electron chi connectivity index (χ0n) is 6.81. The van der Waals surface area contributed by atoms with Gasteiger partial charge in [0.25, 0.3) is 0 Å². The Hall–Kier alpha value is -0.830. The van der Waals surface area contributed by atoms with Crippen molar-refractivity contribution in [2.75, 3.05) is 0 Å². The fourth-order valence-electron chi connectivity index (χ4n) is 1.45. The van der Waals surface area contributed by atoms with E-state index < -0.39 is 12.2 Å². The predicted molar refractivity (Wildman–Crippen MR) is 51.5 cm³/mol. The maximum absolute atomic E-state index is 9.58. The number of aliphatic hydroxyl groups is 2. The third kappa shape index (κ3) is 1.48.